The van der Waals surface area contributed by atoms with Crippen molar-refractivity contribution in [3.8, 4) is 33.8 Å². The summed E-state index contributed by atoms with van der Waals surface area (Å²) in [5, 5.41) is 35.0. The fourth-order valence-electron chi connectivity index (χ4n) is 9.94. The van der Waals surface area contributed by atoms with Crippen LogP contribution in [-0.4, -0.2) is 40.5 Å². The number of hydrogen-bond donors (Lipinski definition) is 2. The second kappa shape index (κ2) is 29.7. The van der Waals surface area contributed by atoms with Gasteiger partial charge in [-0.1, -0.05) is 172 Å². The third-order valence-electron chi connectivity index (χ3n) is 14.1. The Kier molecular flexibility index (Phi) is 23.4. The minimum absolute atomic E-state index is 0.0969. The zero-order valence-corrected chi connectivity index (χ0v) is 53.1. The topological polar surface area (TPSA) is 95.1 Å². The Labute approximate surface area is 501 Å². The number of nitrogens with one attached hydrogen (secondary N) is 2. The first-order valence-electron chi connectivity index (χ1n) is 27.8. The van der Waals surface area contributed by atoms with E-state index >= 15 is 0 Å². The predicted octanol–water partition coefficient (Wildman–Crippen LogP) is 18.5. The number of ether oxygens (including phenoxy) is 2. The summed E-state index contributed by atoms with van der Waals surface area (Å²) < 4.78 is 10.9. The Hall–Kier alpha value is -6.23. The van der Waals surface area contributed by atoms with E-state index in [0.29, 0.717) is 13.2 Å². The molecule has 0 aliphatic rings. The van der Waals surface area contributed by atoms with E-state index in [1.54, 1.807) is 14.2 Å². The van der Waals surface area contributed by atoms with Crippen molar-refractivity contribution < 1.29 is 36.7 Å². The molecule has 0 aliphatic carbocycles. The fourth-order valence-corrected chi connectivity index (χ4v) is 9.94. The van der Waals surface area contributed by atoms with Crippen LogP contribution >= 0.6 is 18.6 Å². The summed E-state index contributed by atoms with van der Waals surface area (Å²) in [6, 6.07) is 54.5. The number of halogens is 2. The summed E-state index contributed by atoms with van der Waals surface area (Å²) in [5.74, 6) is 0.194. The van der Waals surface area contributed by atoms with Crippen molar-refractivity contribution in [2.45, 2.75) is 107 Å². The van der Waals surface area contributed by atoms with Gasteiger partial charge >= 0.3 is 35.6 Å². The van der Waals surface area contributed by atoms with Gasteiger partial charge in [0.1, 0.15) is 0 Å². The number of para-hydroxylation sites is 2. The summed E-state index contributed by atoms with van der Waals surface area (Å²) in [7, 11) is 13.2. The number of nitrogens with zero attached hydrogens (tertiary/aromatic N) is 2. The van der Waals surface area contributed by atoms with Crippen molar-refractivity contribution >= 4 is 64.1 Å². The Bertz CT molecular complexity index is 3100. The summed E-state index contributed by atoms with van der Waals surface area (Å²) in [6.07, 6.45) is 1.68. The summed E-state index contributed by atoms with van der Waals surface area (Å²) in [4.78, 5) is 4.66. The SMILES string of the molecule is COCCCN(c1cc(C)ccc1Nc1ccc(C)cc1)c1ccccc1-c1cc(C)cc(C(C)(C)C)c1[O-].COCCCN(c1cc(C)ccc1Nc1ccc(C)cc1)c1ccccc1-c1cc(C)cc(C(C)(C)C)c1[O-].[Cl][Ti+2][Cl]. The zero-order chi connectivity index (χ0) is 59.0. The van der Waals surface area contributed by atoms with Crippen LogP contribution in [0.15, 0.2) is 158 Å². The fraction of sp³-hybridized carbons (Fsp3) is 0.314. The maximum atomic E-state index is 13.9. The predicted molar refractivity (Wildman–Crippen MR) is 340 cm³/mol. The molecule has 0 saturated carbocycles. The molecular weight excluding hydrogens is 1080 g/mol. The molecule has 0 fully saturated rings. The molecule has 0 aromatic heterocycles. The van der Waals surface area contributed by atoms with E-state index in [1.807, 2.05) is 36.4 Å². The molecule has 0 atom stereocenters. The van der Waals surface area contributed by atoms with E-state index < -0.39 is 17.0 Å². The average Bonchev–Trinajstić information content (AvgIpc) is 3.43. The van der Waals surface area contributed by atoms with Gasteiger partial charge in [0.2, 0.25) is 0 Å². The van der Waals surface area contributed by atoms with Crippen LogP contribution in [0.5, 0.6) is 11.5 Å². The monoisotopic (exact) mass is 1160 g/mol. The standard InChI is InChI=1S/2C35H42N2O2.2ClH.Ti/c2*1-24-13-16-27(17-14-24)36-31-18-15-25(2)23-33(31)37(19-10-20-39-7)32-12-9-8-11-28(32)29-21-26(3)22-30(34(29)38)35(4,5)6;;;/h2*8-9,11-18,21-23,36,38H,10,19-20H2,1-7H3;2*1H;/q;;;;+4/p-4. The normalized spacial score (nSPS) is 11.2. The van der Waals surface area contributed by atoms with Crippen LogP contribution in [0.2, 0.25) is 0 Å². The van der Waals surface area contributed by atoms with Gasteiger partial charge in [-0.05, 0) is 159 Å². The summed E-state index contributed by atoms with van der Waals surface area (Å²) in [6.45, 7) is 28.0. The van der Waals surface area contributed by atoms with Crippen LogP contribution in [0.3, 0.4) is 0 Å². The van der Waals surface area contributed by atoms with Gasteiger partial charge in [-0.25, -0.2) is 0 Å². The summed E-state index contributed by atoms with van der Waals surface area (Å²) in [5.41, 5.74) is 19.8. The summed E-state index contributed by atoms with van der Waals surface area (Å²) >= 11 is -0.556. The molecular formula is C70H82Cl2N4O4Ti. The first-order valence-corrected chi connectivity index (χ1v) is 32.1. The van der Waals surface area contributed by atoms with Crippen molar-refractivity contribution in [3.05, 3.63) is 202 Å². The van der Waals surface area contributed by atoms with E-state index in [4.69, 9.17) is 28.1 Å². The van der Waals surface area contributed by atoms with Gasteiger partial charge in [0.15, 0.2) is 0 Å². The molecule has 0 unspecified atom stereocenters. The Morgan fingerprint density at radius 3 is 1.09 bits per heavy atom. The molecule has 2 N–H and O–H groups in total. The quantitative estimate of drug-likeness (QED) is 0.0648. The van der Waals surface area contributed by atoms with E-state index in [9.17, 15) is 10.2 Å². The third-order valence-corrected chi connectivity index (χ3v) is 14.1. The van der Waals surface area contributed by atoms with Crippen LogP contribution in [0.4, 0.5) is 45.5 Å². The van der Waals surface area contributed by atoms with Crippen molar-refractivity contribution in [1.29, 1.82) is 0 Å². The van der Waals surface area contributed by atoms with Crippen molar-refractivity contribution in [2.24, 2.45) is 0 Å². The van der Waals surface area contributed by atoms with Crippen molar-refractivity contribution in [1.82, 2.24) is 0 Å². The molecule has 424 valence electrons. The van der Waals surface area contributed by atoms with Crippen molar-refractivity contribution in [2.75, 3.05) is 61.0 Å². The van der Waals surface area contributed by atoms with Crippen LogP contribution < -0.4 is 30.6 Å². The van der Waals surface area contributed by atoms with Gasteiger partial charge < -0.3 is 40.1 Å². The number of anilines is 8. The molecule has 11 heteroatoms. The van der Waals surface area contributed by atoms with Crippen LogP contribution in [0.25, 0.3) is 22.3 Å². The van der Waals surface area contributed by atoms with Gasteiger partial charge in [-0.3, -0.25) is 0 Å². The molecule has 8 rings (SSSR count). The second-order valence-electron chi connectivity index (χ2n) is 23.0. The average molecular weight is 1160 g/mol. The molecule has 0 heterocycles. The van der Waals surface area contributed by atoms with Gasteiger partial charge in [0.25, 0.3) is 0 Å². The number of benzene rings is 8. The Morgan fingerprint density at radius 1 is 0.420 bits per heavy atom. The number of aryl methyl sites for hydroxylation is 6. The molecule has 0 bridgehead atoms. The number of rotatable bonds is 18. The molecule has 0 radical (unpaired) electrons. The number of hydrogen-bond acceptors (Lipinski definition) is 8. The molecule has 0 saturated heterocycles. The first-order chi connectivity index (χ1) is 38.6. The van der Waals surface area contributed by atoms with Crippen LogP contribution in [0.1, 0.15) is 98.9 Å². The third kappa shape index (κ3) is 17.4. The van der Waals surface area contributed by atoms with Gasteiger partial charge in [0.05, 0.1) is 22.7 Å². The number of methoxy groups -OCH3 is 2. The van der Waals surface area contributed by atoms with E-state index in [1.165, 1.54) is 22.3 Å². The second-order valence-corrected chi connectivity index (χ2v) is 25.6. The van der Waals surface area contributed by atoms with Crippen molar-refractivity contribution in [3.63, 3.8) is 0 Å². The van der Waals surface area contributed by atoms with Crippen LogP contribution in [0, 0.1) is 41.5 Å². The van der Waals surface area contributed by atoms with Gasteiger partial charge in [-0.15, -0.1) is 0 Å². The molecule has 81 heavy (non-hydrogen) atoms. The van der Waals surface area contributed by atoms with Gasteiger partial charge in [-0.2, -0.15) is 0 Å². The Morgan fingerprint density at radius 2 is 0.753 bits per heavy atom. The Balaban J connectivity index is 0.000000249. The molecule has 0 aliphatic heterocycles. The molecule has 8 aromatic carbocycles. The molecule has 0 amide bonds. The molecule has 8 nitrogen and oxygen atoms in total. The van der Waals surface area contributed by atoms with E-state index in [0.717, 1.165) is 116 Å². The zero-order valence-electron chi connectivity index (χ0n) is 50.0. The van der Waals surface area contributed by atoms with Crippen LogP contribution in [-0.2, 0) is 37.3 Å². The molecule has 8 aromatic rings. The van der Waals surface area contributed by atoms with Gasteiger partial charge in [0, 0.05) is 74.4 Å². The minimum atomic E-state index is -0.556. The van der Waals surface area contributed by atoms with E-state index in [2.05, 4.69) is 225 Å². The molecule has 0 spiro atoms. The maximum absolute atomic E-state index is 13.9. The first kappa shape index (κ1) is 63.9. The van der Waals surface area contributed by atoms with E-state index in [-0.39, 0.29) is 22.3 Å².